The number of carbonyl (C=O) groups excluding carboxylic acids is 1. The highest BCUT2D eigenvalue weighted by Gasteiger charge is 1.92. The van der Waals surface area contributed by atoms with Crippen molar-refractivity contribution < 1.29 is 14.5 Å². The summed E-state index contributed by atoms with van der Waals surface area (Å²) in [5.74, 6) is 0. The Bertz CT molecular complexity index is 209. The van der Waals surface area contributed by atoms with Crippen LogP contribution in [-0.2, 0) is 0 Å². The molecule has 0 aliphatic heterocycles. The molecule has 0 amide bonds. The lowest BCUT2D eigenvalue weighted by Crippen LogP contribution is -2.51. The number of hydrogen-bond acceptors (Lipinski definition) is 3. The van der Waals surface area contributed by atoms with Crippen LogP contribution in [0.1, 0.15) is 0 Å². The summed E-state index contributed by atoms with van der Waals surface area (Å²) in [5, 5.41) is 10.0. The Kier molecular flexibility index (Phi) is 1.40. The van der Waals surface area contributed by atoms with Crippen molar-refractivity contribution in [2.24, 2.45) is 0 Å². The van der Waals surface area contributed by atoms with E-state index in [4.69, 9.17) is 0 Å². The first kappa shape index (κ1) is 5.68. The van der Waals surface area contributed by atoms with E-state index in [1.807, 2.05) is 0 Å². The normalized spacial score (nSPS) is 8.89. The summed E-state index contributed by atoms with van der Waals surface area (Å²) >= 11 is 0. The standard InChI is InChI=1S/C5H4N2O2/c8-5(9)7-3-1-2-6-4-7/h1-4H. The van der Waals surface area contributed by atoms with E-state index in [-0.39, 0.29) is 0 Å². The Labute approximate surface area is 51.4 Å². The molecule has 0 saturated carbocycles. The highest BCUT2D eigenvalue weighted by atomic mass is 16.4. The molecule has 0 saturated heterocycles. The first-order valence-electron chi connectivity index (χ1n) is 2.33. The van der Waals surface area contributed by atoms with Crippen LogP contribution in [0, 0.1) is 0 Å². The molecule has 1 rings (SSSR count). The van der Waals surface area contributed by atoms with E-state index in [9.17, 15) is 9.90 Å². The minimum atomic E-state index is -1.27. The minimum absolute atomic E-state index is 0.861. The number of rotatable bonds is 0. The van der Waals surface area contributed by atoms with Gasteiger partial charge in [-0.1, -0.05) is 4.98 Å². The topological polar surface area (TPSA) is 56.9 Å². The molecule has 9 heavy (non-hydrogen) atoms. The number of hydrogen-bond donors (Lipinski definition) is 0. The molecule has 0 unspecified atom stereocenters. The fraction of sp³-hybridized carbons (Fsp3) is 0. The second kappa shape index (κ2) is 2.21. The van der Waals surface area contributed by atoms with Gasteiger partial charge >= 0.3 is 0 Å². The van der Waals surface area contributed by atoms with Gasteiger partial charge < -0.3 is 9.90 Å². The van der Waals surface area contributed by atoms with Crippen molar-refractivity contribution in [1.82, 2.24) is 4.98 Å². The second-order valence-corrected chi connectivity index (χ2v) is 1.43. The van der Waals surface area contributed by atoms with Gasteiger partial charge in [-0.3, -0.25) is 0 Å². The molecule has 1 heterocycles. The number of carboxylic acid groups (broad SMARTS) is 1. The Balaban J connectivity index is 2.98. The third kappa shape index (κ3) is 1.22. The van der Waals surface area contributed by atoms with Gasteiger partial charge in [-0.25, -0.2) is 0 Å². The van der Waals surface area contributed by atoms with Gasteiger partial charge in [0, 0.05) is 6.07 Å². The van der Waals surface area contributed by atoms with Crippen molar-refractivity contribution in [1.29, 1.82) is 0 Å². The summed E-state index contributed by atoms with van der Waals surface area (Å²) in [7, 11) is 0. The zero-order valence-electron chi connectivity index (χ0n) is 4.52. The number of aromatic nitrogens is 2. The summed E-state index contributed by atoms with van der Waals surface area (Å²) in [5.41, 5.74) is 0. The summed E-state index contributed by atoms with van der Waals surface area (Å²) in [6.45, 7) is 0. The van der Waals surface area contributed by atoms with E-state index in [0.717, 1.165) is 10.9 Å². The first-order chi connectivity index (χ1) is 4.30. The Hall–Kier alpha value is -1.45. The van der Waals surface area contributed by atoms with Gasteiger partial charge in [0.15, 0.2) is 0 Å². The van der Waals surface area contributed by atoms with E-state index in [1.165, 1.54) is 18.5 Å². The van der Waals surface area contributed by atoms with E-state index >= 15 is 0 Å². The van der Waals surface area contributed by atoms with Crippen LogP contribution in [0.5, 0.6) is 0 Å². The van der Waals surface area contributed by atoms with Gasteiger partial charge in [-0.15, -0.1) is 0 Å². The van der Waals surface area contributed by atoms with E-state index in [1.54, 1.807) is 0 Å². The van der Waals surface area contributed by atoms with Gasteiger partial charge in [0.05, 0.1) is 0 Å². The largest absolute Gasteiger partial charge is 0.510 e. The number of nitrogens with zero attached hydrogens (tertiary/aromatic N) is 2. The molecule has 0 aromatic carbocycles. The molecular formula is C5H4N2O2. The fourth-order valence-corrected chi connectivity index (χ4v) is 0.438. The highest BCUT2D eigenvalue weighted by molar-refractivity contribution is 5.50. The van der Waals surface area contributed by atoms with Crippen LogP contribution in [0.3, 0.4) is 0 Å². The predicted molar refractivity (Wildman–Crippen MR) is 25.2 cm³/mol. The summed E-state index contributed by atoms with van der Waals surface area (Å²) in [6, 6.07) is 1.51. The quantitative estimate of drug-likeness (QED) is 0.398. The molecule has 0 spiro atoms. The molecule has 4 heteroatoms. The molecule has 1 aromatic rings. The van der Waals surface area contributed by atoms with Crippen LogP contribution in [-0.4, -0.2) is 11.1 Å². The zero-order chi connectivity index (χ0) is 6.69. The third-order valence-electron chi connectivity index (χ3n) is 0.821. The smallest absolute Gasteiger partial charge is 0.292 e. The highest BCUT2D eigenvalue weighted by Crippen LogP contribution is 1.67. The van der Waals surface area contributed by atoms with E-state index < -0.39 is 6.09 Å². The second-order valence-electron chi connectivity index (χ2n) is 1.43. The SMILES string of the molecule is O=C([O-])[n+]1cccnc1. The van der Waals surface area contributed by atoms with Crippen LogP contribution in [0.25, 0.3) is 0 Å². The Morgan fingerprint density at radius 2 is 2.44 bits per heavy atom. The van der Waals surface area contributed by atoms with Crippen molar-refractivity contribution in [3.8, 4) is 0 Å². The molecule has 0 radical (unpaired) electrons. The first-order valence-corrected chi connectivity index (χ1v) is 2.33. The fourth-order valence-electron chi connectivity index (χ4n) is 0.438. The van der Waals surface area contributed by atoms with Crippen LogP contribution in [0.4, 0.5) is 4.79 Å². The lowest BCUT2D eigenvalue weighted by Gasteiger charge is -1.92. The Morgan fingerprint density at radius 3 is 2.78 bits per heavy atom. The average molecular weight is 124 g/mol. The summed E-state index contributed by atoms with van der Waals surface area (Å²) in [6.07, 6.45) is 2.72. The van der Waals surface area contributed by atoms with Gasteiger partial charge in [0.25, 0.3) is 6.33 Å². The van der Waals surface area contributed by atoms with Gasteiger partial charge in [-0.05, 0) is 0 Å². The van der Waals surface area contributed by atoms with Crippen LogP contribution in [0.2, 0.25) is 0 Å². The average Bonchev–Trinajstić information content (AvgIpc) is 1.90. The van der Waals surface area contributed by atoms with Crippen LogP contribution in [0.15, 0.2) is 24.8 Å². The van der Waals surface area contributed by atoms with Gasteiger partial charge in [-0.2, -0.15) is 4.57 Å². The molecule has 0 aliphatic rings. The van der Waals surface area contributed by atoms with Gasteiger partial charge in [0.1, 0.15) is 12.4 Å². The molecule has 4 nitrogen and oxygen atoms in total. The molecular weight excluding hydrogens is 120 g/mol. The van der Waals surface area contributed by atoms with Crippen molar-refractivity contribution in [2.75, 3.05) is 0 Å². The van der Waals surface area contributed by atoms with Crippen molar-refractivity contribution in [2.45, 2.75) is 0 Å². The maximum Gasteiger partial charge on any atom is 0.292 e. The molecule has 0 bridgehead atoms. The third-order valence-corrected chi connectivity index (χ3v) is 0.821. The molecule has 1 aromatic heterocycles. The van der Waals surface area contributed by atoms with Crippen LogP contribution < -0.4 is 9.67 Å². The monoisotopic (exact) mass is 124 g/mol. The van der Waals surface area contributed by atoms with E-state index in [0.29, 0.717) is 0 Å². The van der Waals surface area contributed by atoms with Crippen molar-refractivity contribution >= 4 is 6.09 Å². The predicted octanol–water partition coefficient (Wildman–Crippen LogP) is -1.44. The molecule has 0 atom stereocenters. The van der Waals surface area contributed by atoms with Crippen LogP contribution >= 0.6 is 0 Å². The van der Waals surface area contributed by atoms with E-state index in [2.05, 4.69) is 4.98 Å². The molecule has 0 aliphatic carbocycles. The van der Waals surface area contributed by atoms with Crippen molar-refractivity contribution in [3.63, 3.8) is 0 Å². The molecule has 0 fully saturated rings. The lowest BCUT2D eigenvalue weighted by atomic mass is 10.7. The zero-order valence-corrected chi connectivity index (χ0v) is 4.52. The maximum absolute atomic E-state index is 10.0. The Morgan fingerprint density at radius 1 is 1.67 bits per heavy atom. The van der Waals surface area contributed by atoms with Crippen molar-refractivity contribution in [3.05, 3.63) is 24.8 Å². The maximum atomic E-state index is 10.0. The molecule has 46 valence electrons. The minimum Gasteiger partial charge on any atom is -0.510 e. The van der Waals surface area contributed by atoms with Gasteiger partial charge in [0.2, 0.25) is 6.09 Å². The number of carbonyl (C=O) groups is 1. The lowest BCUT2D eigenvalue weighted by molar-refractivity contribution is -0.633. The molecule has 0 N–H and O–H groups in total. The summed E-state index contributed by atoms with van der Waals surface area (Å²) in [4.78, 5) is 13.6. The summed E-state index contributed by atoms with van der Waals surface area (Å²) < 4.78 is 0.861.